The van der Waals surface area contributed by atoms with Crippen LogP contribution in [0.25, 0.3) is 0 Å². The van der Waals surface area contributed by atoms with Gasteiger partial charge in [-0.2, -0.15) is 17.0 Å². The summed E-state index contributed by atoms with van der Waals surface area (Å²) in [5.41, 5.74) is 1.46. The van der Waals surface area contributed by atoms with Crippen molar-refractivity contribution in [1.82, 2.24) is 4.90 Å². The van der Waals surface area contributed by atoms with Gasteiger partial charge in [-0.3, -0.25) is 4.90 Å². The predicted octanol–water partition coefficient (Wildman–Crippen LogP) is 3.51. The maximum atomic E-state index is 9.47. The van der Waals surface area contributed by atoms with Crippen LogP contribution < -0.4 is 0 Å². The maximum Gasteiger partial charge on any atom is 0.0672 e. The van der Waals surface area contributed by atoms with Gasteiger partial charge in [-0.05, 0) is 30.7 Å². The molecule has 0 amide bonds. The molecule has 3 unspecified atom stereocenters. The highest BCUT2D eigenvalue weighted by Gasteiger charge is 2.35. The molecule has 2 fully saturated rings. The molecule has 1 saturated heterocycles. The third-order valence-electron chi connectivity index (χ3n) is 4.77. The number of rotatable bonds is 2. The molecule has 0 radical (unpaired) electrons. The Labute approximate surface area is 126 Å². The molecule has 20 heavy (non-hydrogen) atoms. The van der Waals surface area contributed by atoms with Gasteiger partial charge in [-0.25, -0.2) is 0 Å². The molecule has 1 aliphatic heterocycles. The maximum absolute atomic E-state index is 9.47. The van der Waals surface area contributed by atoms with Crippen LogP contribution in [0.1, 0.15) is 30.7 Å². The topological polar surface area (TPSA) is 27.0 Å². The van der Waals surface area contributed by atoms with Gasteiger partial charge in [-0.1, -0.05) is 30.3 Å². The van der Waals surface area contributed by atoms with Crippen LogP contribution in [0.3, 0.4) is 0 Å². The molecule has 106 valence electrons. The molecule has 2 nitrogen and oxygen atoms in total. The van der Waals surface area contributed by atoms with Crippen molar-refractivity contribution in [1.29, 1.82) is 5.26 Å². The van der Waals surface area contributed by atoms with Crippen LogP contribution in [0.4, 0.5) is 0 Å². The van der Waals surface area contributed by atoms with Gasteiger partial charge < -0.3 is 0 Å². The quantitative estimate of drug-likeness (QED) is 0.832. The Bertz CT molecular complexity index is 462. The summed E-state index contributed by atoms with van der Waals surface area (Å²) in [7, 11) is 0. The Morgan fingerprint density at radius 3 is 2.55 bits per heavy atom. The fourth-order valence-corrected chi connectivity index (χ4v) is 4.57. The van der Waals surface area contributed by atoms with Crippen molar-refractivity contribution in [3.63, 3.8) is 0 Å². The summed E-state index contributed by atoms with van der Waals surface area (Å²) in [6.45, 7) is 2.32. The summed E-state index contributed by atoms with van der Waals surface area (Å²) in [6.07, 6.45) is 3.39. The second-order valence-corrected chi connectivity index (χ2v) is 7.10. The van der Waals surface area contributed by atoms with Crippen molar-refractivity contribution in [3.8, 4) is 6.07 Å². The number of nitrogens with zero attached hydrogens (tertiary/aromatic N) is 2. The third kappa shape index (κ3) is 3.02. The van der Waals surface area contributed by atoms with E-state index in [4.69, 9.17) is 0 Å². The number of nitriles is 1. The Balaban J connectivity index is 1.74. The summed E-state index contributed by atoms with van der Waals surface area (Å²) in [5, 5.41) is 9.47. The third-order valence-corrected chi connectivity index (χ3v) is 5.71. The van der Waals surface area contributed by atoms with Crippen LogP contribution in [-0.4, -0.2) is 35.5 Å². The zero-order valence-corrected chi connectivity index (χ0v) is 12.7. The fraction of sp³-hybridized carbons (Fsp3) is 0.588. The van der Waals surface area contributed by atoms with E-state index in [0.29, 0.717) is 12.0 Å². The Morgan fingerprint density at radius 1 is 1.10 bits per heavy atom. The molecule has 2 aliphatic rings. The van der Waals surface area contributed by atoms with Gasteiger partial charge >= 0.3 is 0 Å². The zero-order chi connectivity index (χ0) is 13.8. The Hall–Kier alpha value is -0.980. The van der Waals surface area contributed by atoms with Gasteiger partial charge in [0.15, 0.2) is 0 Å². The van der Waals surface area contributed by atoms with Crippen molar-refractivity contribution < 1.29 is 0 Å². The minimum Gasteiger partial charge on any atom is -0.297 e. The standard InChI is InChI=1S/C17H22N2S/c18-13-16-7-6-15(14-4-2-1-3-5-14)12-17(16)19-8-10-20-11-9-19/h1-5,15-17H,6-12H2. The van der Waals surface area contributed by atoms with Crippen LogP contribution in [0.15, 0.2) is 30.3 Å². The van der Waals surface area contributed by atoms with E-state index in [1.54, 1.807) is 0 Å². The Kier molecular flexibility index (Phi) is 4.65. The molecule has 3 heteroatoms. The lowest BCUT2D eigenvalue weighted by Crippen LogP contribution is -2.47. The van der Waals surface area contributed by atoms with Gasteiger partial charge in [0.25, 0.3) is 0 Å². The highest BCUT2D eigenvalue weighted by Crippen LogP contribution is 2.38. The van der Waals surface area contributed by atoms with E-state index in [2.05, 4.69) is 41.3 Å². The fourth-order valence-electron chi connectivity index (χ4n) is 3.64. The summed E-state index contributed by atoms with van der Waals surface area (Å²) in [4.78, 5) is 2.58. The van der Waals surface area contributed by atoms with Gasteiger partial charge in [0.1, 0.15) is 0 Å². The molecule has 3 atom stereocenters. The molecule has 3 rings (SSSR count). The molecule has 1 heterocycles. The molecule has 0 N–H and O–H groups in total. The average Bonchev–Trinajstić information content (AvgIpc) is 2.56. The van der Waals surface area contributed by atoms with Crippen molar-refractivity contribution in [2.24, 2.45) is 5.92 Å². The van der Waals surface area contributed by atoms with Crippen LogP contribution in [0, 0.1) is 17.2 Å². The predicted molar refractivity (Wildman–Crippen MR) is 84.8 cm³/mol. The second kappa shape index (κ2) is 6.65. The second-order valence-electron chi connectivity index (χ2n) is 5.87. The SMILES string of the molecule is N#CC1CCC(c2ccccc2)CC1N1CCSCC1. The zero-order valence-electron chi connectivity index (χ0n) is 11.9. The van der Waals surface area contributed by atoms with Crippen LogP contribution in [0.2, 0.25) is 0 Å². The molecular weight excluding hydrogens is 264 g/mol. The molecule has 0 spiro atoms. The van der Waals surface area contributed by atoms with Crippen molar-refractivity contribution in [2.75, 3.05) is 24.6 Å². The van der Waals surface area contributed by atoms with Crippen molar-refractivity contribution >= 4 is 11.8 Å². The first-order valence-corrected chi connectivity index (χ1v) is 8.80. The molecule has 1 saturated carbocycles. The van der Waals surface area contributed by atoms with Gasteiger partial charge in [0, 0.05) is 30.6 Å². The first-order chi connectivity index (χ1) is 9.88. The van der Waals surface area contributed by atoms with Crippen molar-refractivity contribution in [2.45, 2.75) is 31.2 Å². The highest BCUT2D eigenvalue weighted by molar-refractivity contribution is 7.99. The lowest BCUT2D eigenvalue weighted by Gasteiger charge is -2.42. The minimum atomic E-state index is 0.234. The molecular formula is C17H22N2S. The molecule has 1 aromatic rings. The van der Waals surface area contributed by atoms with Crippen LogP contribution >= 0.6 is 11.8 Å². The van der Waals surface area contributed by atoms with E-state index < -0.39 is 0 Å². The van der Waals surface area contributed by atoms with Crippen LogP contribution in [-0.2, 0) is 0 Å². The number of benzene rings is 1. The monoisotopic (exact) mass is 286 g/mol. The minimum absolute atomic E-state index is 0.234. The highest BCUT2D eigenvalue weighted by atomic mass is 32.2. The van der Waals surface area contributed by atoms with E-state index in [1.165, 1.54) is 23.5 Å². The molecule has 1 aliphatic carbocycles. The number of hydrogen-bond donors (Lipinski definition) is 0. The molecule has 1 aromatic carbocycles. The van der Waals surface area contributed by atoms with E-state index in [0.717, 1.165) is 25.9 Å². The summed E-state index contributed by atoms with van der Waals surface area (Å²) in [6, 6.07) is 13.9. The lowest BCUT2D eigenvalue weighted by atomic mass is 9.75. The molecule has 0 bridgehead atoms. The van der Waals surface area contributed by atoms with E-state index >= 15 is 0 Å². The average molecular weight is 286 g/mol. The number of hydrogen-bond acceptors (Lipinski definition) is 3. The summed E-state index contributed by atoms with van der Waals surface area (Å²) in [5.74, 6) is 3.33. The Morgan fingerprint density at radius 2 is 1.85 bits per heavy atom. The first-order valence-electron chi connectivity index (χ1n) is 7.65. The first kappa shape index (κ1) is 14.0. The largest absolute Gasteiger partial charge is 0.297 e. The van der Waals surface area contributed by atoms with Crippen molar-refractivity contribution in [3.05, 3.63) is 35.9 Å². The van der Waals surface area contributed by atoms with E-state index in [-0.39, 0.29) is 5.92 Å². The number of thioether (sulfide) groups is 1. The van der Waals surface area contributed by atoms with E-state index in [1.807, 2.05) is 11.8 Å². The smallest absolute Gasteiger partial charge is 0.0672 e. The summed E-state index contributed by atoms with van der Waals surface area (Å²) >= 11 is 2.04. The van der Waals surface area contributed by atoms with Gasteiger partial charge in [-0.15, -0.1) is 0 Å². The molecule has 0 aromatic heterocycles. The summed E-state index contributed by atoms with van der Waals surface area (Å²) < 4.78 is 0. The van der Waals surface area contributed by atoms with Gasteiger partial charge in [0.05, 0.1) is 12.0 Å². The van der Waals surface area contributed by atoms with Gasteiger partial charge in [0.2, 0.25) is 0 Å². The van der Waals surface area contributed by atoms with E-state index in [9.17, 15) is 5.26 Å². The van der Waals surface area contributed by atoms with Crippen LogP contribution in [0.5, 0.6) is 0 Å². The lowest BCUT2D eigenvalue weighted by molar-refractivity contribution is 0.129. The normalized spacial score (nSPS) is 31.6.